The van der Waals surface area contributed by atoms with Gasteiger partial charge >= 0.3 is 0 Å². The Kier molecular flexibility index (Phi) is 4.07. The quantitative estimate of drug-likeness (QED) is 0.813. The lowest BCUT2D eigenvalue weighted by molar-refractivity contribution is -0.140. The zero-order chi connectivity index (χ0) is 15.8. The van der Waals surface area contributed by atoms with E-state index in [2.05, 4.69) is 26.6 Å². The third kappa shape index (κ3) is 3.12. The lowest BCUT2D eigenvalue weighted by Crippen LogP contribution is -2.49. The predicted molar refractivity (Wildman–Crippen MR) is 83.9 cm³/mol. The lowest BCUT2D eigenvalue weighted by Gasteiger charge is -2.35. The SMILES string of the molecule is CCC1CN(C(=O)CN2CCn3c(nnc3C3CC3)C2)CCO1. The van der Waals surface area contributed by atoms with Crippen molar-refractivity contribution in [1.29, 1.82) is 0 Å². The molecule has 2 aliphatic heterocycles. The van der Waals surface area contributed by atoms with Gasteiger partial charge in [0.05, 0.1) is 25.8 Å². The van der Waals surface area contributed by atoms with Crippen LogP contribution in [0.4, 0.5) is 0 Å². The van der Waals surface area contributed by atoms with Gasteiger partial charge in [-0.25, -0.2) is 0 Å². The lowest BCUT2D eigenvalue weighted by atomic mass is 10.2. The Balaban J connectivity index is 1.35. The van der Waals surface area contributed by atoms with E-state index in [1.807, 2.05) is 4.90 Å². The number of aromatic nitrogens is 3. The highest BCUT2D eigenvalue weighted by molar-refractivity contribution is 5.78. The molecule has 2 fully saturated rings. The molecule has 126 valence electrons. The largest absolute Gasteiger partial charge is 0.375 e. The number of ether oxygens (including phenoxy) is 1. The van der Waals surface area contributed by atoms with Crippen LogP contribution in [0.1, 0.15) is 43.8 Å². The van der Waals surface area contributed by atoms with Crippen LogP contribution >= 0.6 is 0 Å². The summed E-state index contributed by atoms with van der Waals surface area (Å²) in [7, 11) is 0. The topological polar surface area (TPSA) is 63.5 Å². The minimum Gasteiger partial charge on any atom is -0.375 e. The second kappa shape index (κ2) is 6.20. The van der Waals surface area contributed by atoms with Crippen molar-refractivity contribution in [3.8, 4) is 0 Å². The average Bonchev–Trinajstić information content (AvgIpc) is 3.34. The standard InChI is InChI=1S/C16H25N5O2/c1-2-13-9-20(7-8-23-13)15(22)11-19-5-6-21-14(10-19)17-18-16(21)12-3-4-12/h12-13H,2-11H2,1H3. The Morgan fingerprint density at radius 3 is 2.91 bits per heavy atom. The molecule has 0 aromatic carbocycles. The van der Waals surface area contributed by atoms with E-state index in [-0.39, 0.29) is 12.0 Å². The zero-order valence-electron chi connectivity index (χ0n) is 13.8. The number of morpholine rings is 1. The van der Waals surface area contributed by atoms with Crippen LogP contribution in [0.5, 0.6) is 0 Å². The molecule has 0 N–H and O–H groups in total. The van der Waals surface area contributed by atoms with Crippen LogP contribution in [0, 0.1) is 0 Å². The Bertz CT molecular complexity index is 583. The molecule has 3 heterocycles. The molecule has 1 atom stereocenters. The summed E-state index contributed by atoms with van der Waals surface area (Å²) in [4.78, 5) is 16.7. The van der Waals surface area contributed by atoms with Crippen LogP contribution in [0.2, 0.25) is 0 Å². The number of hydrogen-bond donors (Lipinski definition) is 0. The molecular weight excluding hydrogens is 294 g/mol. The molecular formula is C16H25N5O2. The van der Waals surface area contributed by atoms with Crippen molar-refractivity contribution in [3.05, 3.63) is 11.6 Å². The second-order valence-electron chi connectivity index (χ2n) is 6.85. The van der Waals surface area contributed by atoms with Crippen molar-refractivity contribution in [2.45, 2.75) is 51.3 Å². The summed E-state index contributed by atoms with van der Waals surface area (Å²) in [6.07, 6.45) is 3.64. The molecule has 1 aliphatic carbocycles. The molecule has 23 heavy (non-hydrogen) atoms. The molecule has 7 heteroatoms. The third-order valence-corrected chi connectivity index (χ3v) is 5.11. The summed E-state index contributed by atoms with van der Waals surface area (Å²) in [5.74, 6) is 3.01. The van der Waals surface area contributed by atoms with Gasteiger partial charge in [-0.05, 0) is 19.3 Å². The fraction of sp³-hybridized carbons (Fsp3) is 0.812. The number of carbonyl (C=O) groups excluding carboxylic acids is 1. The highest BCUT2D eigenvalue weighted by Gasteiger charge is 2.33. The van der Waals surface area contributed by atoms with E-state index in [1.165, 1.54) is 12.8 Å². The number of carbonyl (C=O) groups is 1. The number of nitrogens with zero attached hydrogens (tertiary/aromatic N) is 5. The van der Waals surface area contributed by atoms with Crippen molar-refractivity contribution < 1.29 is 9.53 Å². The average molecular weight is 319 g/mol. The van der Waals surface area contributed by atoms with Crippen molar-refractivity contribution >= 4 is 5.91 Å². The summed E-state index contributed by atoms with van der Waals surface area (Å²) < 4.78 is 7.91. The molecule has 1 saturated carbocycles. The van der Waals surface area contributed by atoms with E-state index in [9.17, 15) is 4.79 Å². The summed E-state index contributed by atoms with van der Waals surface area (Å²) in [5.41, 5.74) is 0. The molecule has 0 bridgehead atoms. The van der Waals surface area contributed by atoms with Crippen LogP contribution in [-0.2, 0) is 22.6 Å². The molecule has 1 aromatic heterocycles. The first-order valence-electron chi connectivity index (χ1n) is 8.78. The van der Waals surface area contributed by atoms with Crippen molar-refractivity contribution in [2.75, 3.05) is 32.8 Å². The van der Waals surface area contributed by atoms with Gasteiger partial charge in [0.1, 0.15) is 11.6 Å². The number of hydrogen-bond acceptors (Lipinski definition) is 5. The van der Waals surface area contributed by atoms with Gasteiger partial charge in [-0.15, -0.1) is 10.2 Å². The Morgan fingerprint density at radius 1 is 1.26 bits per heavy atom. The van der Waals surface area contributed by atoms with Crippen LogP contribution in [0.3, 0.4) is 0 Å². The van der Waals surface area contributed by atoms with E-state index >= 15 is 0 Å². The van der Waals surface area contributed by atoms with Gasteiger partial charge in [0, 0.05) is 32.1 Å². The maximum atomic E-state index is 12.5. The Morgan fingerprint density at radius 2 is 2.13 bits per heavy atom. The second-order valence-corrected chi connectivity index (χ2v) is 6.85. The third-order valence-electron chi connectivity index (χ3n) is 5.11. The van der Waals surface area contributed by atoms with Crippen LogP contribution in [-0.4, -0.2) is 69.4 Å². The highest BCUT2D eigenvalue weighted by atomic mass is 16.5. The monoisotopic (exact) mass is 319 g/mol. The first-order valence-corrected chi connectivity index (χ1v) is 8.78. The van der Waals surface area contributed by atoms with Gasteiger partial charge in [-0.3, -0.25) is 9.69 Å². The molecule has 7 nitrogen and oxygen atoms in total. The Labute approximate surface area is 136 Å². The molecule has 1 aromatic rings. The van der Waals surface area contributed by atoms with E-state index in [4.69, 9.17) is 4.74 Å². The number of fused-ring (bicyclic) bond motifs is 1. The van der Waals surface area contributed by atoms with E-state index < -0.39 is 0 Å². The van der Waals surface area contributed by atoms with E-state index in [0.717, 1.165) is 44.2 Å². The Hall–Kier alpha value is -1.47. The summed E-state index contributed by atoms with van der Waals surface area (Å²) in [6, 6.07) is 0. The van der Waals surface area contributed by atoms with Crippen LogP contribution < -0.4 is 0 Å². The van der Waals surface area contributed by atoms with Gasteiger partial charge in [0.2, 0.25) is 5.91 Å². The molecule has 0 radical (unpaired) electrons. The van der Waals surface area contributed by atoms with Crippen molar-refractivity contribution in [3.63, 3.8) is 0 Å². The smallest absolute Gasteiger partial charge is 0.236 e. The number of amides is 1. The van der Waals surface area contributed by atoms with Gasteiger partial charge < -0.3 is 14.2 Å². The summed E-state index contributed by atoms with van der Waals surface area (Å²) in [5, 5.41) is 8.70. The zero-order valence-corrected chi connectivity index (χ0v) is 13.8. The minimum atomic E-state index is 0.193. The van der Waals surface area contributed by atoms with Crippen molar-refractivity contribution in [1.82, 2.24) is 24.6 Å². The van der Waals surface area contributed by atoms with Crippen LogP contribution in [0.25, 0.3) is 0 Å². The fourth-order valence-electron chi connectivity index (χ4n) is 3.49. The van der Waals surface area contributed by atoms with Gasteiger partial charge in [0.25, 0.3) is 0 Å². The van der Waals surface area contributed by atoms with E-state index in [1.54, 1.807) is 0 Å². The van der Waals surface area contributed by atoms with Gasteiger partial charge in [0.15, 0.2) is 0 Å². The van der Waals surface area contributed by atoms with Gasteiger partial charge in [-0.1, -0.05) is 6.92 Å². The first kappa shape index (κ1) is 15.1. The van der Waals surface area contributed by atoms with Crippen LogP contribution in [0.15, 0.2) is 0 Å². The molecule has 1 unspecified atom stereocenters. The summed E-state index contributed by atoms with van der Waals surface area (Å²) in [6.45, 7) is 7.21. The van der Waals surface area contributed by atoms with Crippen molar-refractivity contribution in [2.24, 2.45) is 0 Å². The predicted octanol–water partition coefficient (Wildman–Crippen LogP) is 0.608. The normalized spacial score (nSPS) is 25.4. The maximum Gasteiger partial charge on any atom is 0.236 e. The van der Waals surface area contributed by atoms with E-state index in [0.29, 0.717) is 25.6 Å². The molecule has 3 aliphatic rings. The van der Waals surface area contributed by atoms with Gasteiger partial charge in [-0.2, -0.15) is 0 Å². The molecule has 1 amide bonds. The minimum absolute atomic E-state index is 0.193. The number of rotatable bonds is 4. The fourth-order valence-corrected chi connectivity index (χ4v) is 3.49. The molecule has 0 spiro atoms. The highest BCUT2D eigenvalue weighted by Crippen LogP contribution is 2.39. The molecule has 1 saturated heterocycles. The first-order chi connectivity index (χ1) is 11.2. The molecule has 4 rings (SSSR count). The maximum absolute atomic E-state index is 12.5. The summed E-state index contributed by atoms with van der Waals surface area (Å²) >= 11 is 0.